The van der Waals surface area contributed by atoms with Crippen molar-refractivity contribution in [2.24, 2.45) is 0 Å². The van der Waals surface area contributed by atoms with Crippen LogP contribution in [0.15, 0.2) is 24.3 Å². The summed E-state index contributed by atoms with van der Waals surface area (Å²) in [4.78, 5) is 0. The highest BCUT2D eigenvalue weighted by Gasteiger charge is 2.18. The second-order valence-electron chi connectivity index (χ2n) is 4.43. The normalized spacial score (nSPS) is 12.7. The van der Waals surface area contributed by atoms with E-state index >= 15 is 0 Å². The van der Waals surface area contributed by atoms with Gasteiger partial charge in [0.15, 0.2) is 0 Å². The zero-order valence-corrected chi connectivity index (χ0v) is 10.8. The Bertz CT molecular complexity index is 563. The summed E-state index contributed by atoms with van der Waals surface area (Å²) in [7, 11) is 0. The lowest BCUT2D eigenvalue weighted by atomic mass is 10.0. The molecule has 3 nitrogen and oxygen atoms in total. The number of aliphatic hydroxyl groups is 1. The van der Waals surface area contributed by atoms with Gasteiger partial charge < -0.3 is 5.11 Å². The molecule has 1 unspecified atom stereocenters. The smallest absolute Gasteiger partial charge is 0.123 e. The fourth-order valence-corrected chi connectivity index (χ4v) is 2.14. The summed E-state index contributed by atoms with van der Waals surface area (Å²) in [5.74, 6) is -0.288. The van der Waals surface area contributed by atoms with Gasteiger partial charge in [0, 0.05) is 6.54 Å². The van der Waals surface area contributed by atoms with Crippen LogP contribution in [0.25, 0.3) is 0 Å². The van der Waals surface area contributed by atoms with Gasteiger partial charge in [-0.1, -0.05) is 6.07 Å². The number of benzene rings is 1. The van der Waals surface area contributed by atoms with Crippen LogP contribution in [0, 0.1) is 19.7 Å². The number of halogens is 1. The van der Waals surface area contributed by atoms with Crippen LogP contribution in [0.3, 0.4) is 0 Å². The highest BCUT2D eigenvalue weighted by Crippen LogP contribution is 2.25. The van der Waals surface area contributed by atoms with E-state index in [1.807, 2.05) is 19.9 Å². The monoisotopic (exact) mass is 248 g/mol. The molecule has 1 aromatic heterocycles. The number of hydrogen-bond donors (Lipinski definition) is 1. The van der Waals surface area contributed by atoms with E-state index in [4.69, 9.17) is 0 Å². The molecular weight excluding hydrogens is 231 g/mol. The van der Waals surface area contributed by atoms with E-state index in [9.17, 15) is 9.50 Å². The summed E-state index contributed by atoms with van der Waals surface area (Å²) in [5.41, 5.74) is 3.06. The average Bonchev–Trinajstić information content (AvgIpc) is 2.69. The molecule has 0 amide bonds. The second kappa shape index (κ2) is 4.90. The summed E-state index contributed by atoms with van der Waals surface area (Å²) in [5, 5.41) is 14.7. The predicted molar refractivity (Wildman–Crippen MR) is 67.8 cm³/mol. The first-order chi connectivity index (χ1) is 8.52. The van der Waals surface area contributed by atoms with Crippen LogP contribution in [0.4, 0.5) is 4.39 Å². The van der Waals surface area contributed by atoms with E-state index < -0.39 is 6.10 Å². The molecule has 0 radical (unpaired) electrons. The van der Waals surface area contributed by atoms with E-state index in [1.54, 1.807) is 17.7 Å². The molecule has 1 heterocycles. The summed E-state index contributed by atoms with van der Waals surface area (Å²) < 4.78 is 14.8. The van der Waals surface area contributed by atoms with Gasteiger partial charge in [0.2, 0.25) is 0 Å². The molecule has 0 aliphatic carbocycles. The Morgan fingerprint density at radius 1 is 1.33 bits per heavy atom. The Hall–Kier alpha value is -1.68. The molecule has 0 bridgehead atoms. The Kier molecular flexibility index (Phi) is 3.48. The maximum absolute atomic E-state index is 13.1. The van der Waals surface area contributed by atoms with Gasteiger partial charge in [-0.2, -0.15) is 5.10 Å². The summed E-state index contributed by atoms with van der Waals surface area (Å²) >= 11 is 0. The maximum Gasteiger partial charge on any atom is 0.123 e. The number of aromatic nitrogens is 2. The molecule has 0 aliphatic heterocycles. The molecule has 1 N–H and O–H groups in total. The lowest BCUT2D eigenvalue weighted by Crippen LogP contribution is -2.10. The van der Waals surface area contributed by atoms with Crippen molar-refractivity contribution in [3.63, 3.8) is 0 Å². The van der Waals surface area contributed by atoms with Crippen LogP contribution >= 0.6 is 0 Å². The highest BCUT2D eigenvalue weighted by molar-refractivity contribution is 5.33. The van der Waals surface area contributed by atoms with Crippen molar-refractivity contribution >= 4 is 0 Å². The van der Waals surface area contributed by atoms with Crippen LogP contribution in [0.2, 0.25) is 0 Å². The third-order valence-corrected chi connectivity index (χ3v) is 3.04. The SMILES string of the molecule is CCn1nc(C)cc1C(O)c1ccc(F)cc1C. The zero-order chi connectivity index (χ0) is 13.3. The first-order valence-corrected chi connectivity index (χ1v) is 6.01. The van der Waals surface area contributed by atoms with Crippen molar-refractivity contribution in [3.05, 3.63) is 52.6 Å². The molecule has 1 atom stereocenters. The summed E-state index contributed by atoms with van der Waals surface area (Å²) in [6.07, 6.45) is -0.772. The molecule has 2 aromatic rings. The Labute approximate surface area is 106 Å². The van der Waals surface area contributed by atoms with Crippen LogP contribution < -0.4 is 0 Å². The number of hydrogen-bond acceptors (Lipinski definition) is 2. The number of aryl methyl sites for hydroxylation is 3. The van der Waals surface area contributed by atoms with Crippen molar-refractivity contribution in [3.8, 4) is 0 Å². The van der Waals surface area contributed by atoms with Gasteiger partial charge in [-0.15, -0.1) is 0 Å². The standard InChI is InChI=1S/C14H17FN2O/c1-4-17-13(8-10(3)16-17)14(18)12-6-5-11(15)7-9(12)2/h5-8,14,18H,4H2,1-3H3. The van der Waals surface area contributed by atoms with Gasteiger partial charge in [0.1, 0.15) is 11.9 Å². The molecule has 0 aliphatic rings. The van der Waals surface area contributed by atoms with E-state index in [1.165, 1.54) is 12.1 Å². The lowest BCUT2D eigenvalue weighted by Gasteiger charge is -2.15. The molecule has 1 aromatic carbocycles. The highest BCUT2D eigenvalue weighted by atomic mass is 19.1. The average molecular weight is 248 g/mol. The molecule has 18 heavy (non-hydrogen) atoms. The summed E-state index contributed by atoms with van der Waals surface area (Å²) in [6.45, 7) is 6.35. The minimum atomic E-state index is -0.772. The van der Waals surface area contributed by atoms with E-state index in [-0.39, 0.29) is 5.82 Å². The van der Waals surface area contributed by atoms with E-state index in [0.717, 1.165) is 17.0 Å². The van der Waals surface area contributed by atoms with Crippen LogP contribution in [0.5, 0.6) is 0 Å². The first-order valence-electron chi connectivity index (χ1n) is 6.01. The Balaban J connectivity index is 2.43. The van der Waals surface area contributed by atoms with Gasteiger partial charge in [-0.25, -0.2) is 4.39 Å². The maximum atomic E-state index is 13.1. The quantitative estimate of drug-likeness (QED) is 0.907. The second-order valence-corrected chi connectivity index (χ2v) is 4.43. The first kappa shape index (κ1) is 12.8. The Morgan fingerprint density at radius 3 is 2.67 bits per heavy atom. The largest absolute Gasteiger partial charge is 0.382 e. The van der Waals surface area contributed by atoms with E-state index in [0.29, 0.717) is 12.1 Å². The van der Waals surface area contributed by atoms with E-state index in [2.05, 4.69) is 5.10 Å². The minimum Gasteiger partial charge on any atom is -0.382 e. The van der Waals surface area contributed by atoms with Crippen molar-refractivity contribution in [1.82, 2.24) is 9.78 Å². The third kappa shape index (κ3) is 2.29. The molecule has 96 valence electrons. The topological polar surface area (TPSA) is 38.0 Å². The third-order valence-electron chi connectivity index (χ3n) is 3.04. The van der Waals surface area contributed by atoms with Gasteiger partial charge in [-0.3, -0.25) is 4.68 Å². The molecule has 0 fully saturated rings. The van der Waals surface area contributed by atoms with Crippen molar-refractivity contribution in [2.45, 2.75) is 33.4 Å². The molecule has 0 saturated heterocycles. The predicted octanol–water partition coefficient (Wildman–Crippen LogP) is 2.74. The van der Waals surface area contributed by atoms with Crippen LogP contribution in [-0.2, 0) is 6.54 Å². The summed E-state index contributed by atoms with van der Waals surface area (Å²) in [6, 6.07) is 6.28. The van der Waals surface area contributed by atoms with Gasteiger partial charge in [0.25, 0.3) is 0 Å². The molecule has 0 spiro atoms. The van der Waals surface area contributed by atoms with Gasteiger partial charge in [0.05, 0.1) is 11.4 Å². The van der Waals surface area contributed by atoms with Crippen molar-refractivity contribution in [2.75, 3.05) is 0 Å². The fourth-order valence-electron chi connectivity index (χ4n) is 2.14. The molecule has 4 heteroatoms. The number of nitrogens with zero attached hydrogens (tertiary/aromatic N) is 2. The zero-order valence-electron chi connectivity index (χ0n) is 10.8. The van der Waals surface area contributed by atoms with Crippen molar-refractivity contribution in [1.29, 1.82) is 0 Å². The molecule has 0 saturated carbocycles. The molecular formula is C14H17FN2O. The van der Waals surface area contributed by atoms with Crippen LogP contribution in [-0.4, -0.2) is 14.9 Å². The van der Waals surface area contributed by atoms with Gasteiger partial charge >= 0.3 is 0 Å². The van der Waals surface area contributed by atoms with Gasteiger partial charge in [-0.05, 0) is 50.1 Å². The minimum absolute atomic E-state index is 0.288. The number of rotatable bonds is 3. The number of aliphatic hydroxyl groups excluding tert-OH is 1. The fraction of sp³-hybridized carbons (Fsp3) is 0.357. The van der Waals surface area contributed by atoms with Crippen LogP contribution in [0.1, 0.15) is 35.5 Å². The lowest BCUT2D eigenvalue weighted by molar-refractivity contribution is 0.207. The van der Waals surface area contributed by atoms with Crippen molar-refractivity contribution < 1.29 is 9.50 Å². The molecule has 2 rings (SSSR count). The Morgan fingerprint density at radius 2 is 2.06 bits per heavy atom.